The van der Waals surface area contributed by atoms with Crippen molar-refractivity contribution in [3.63, 3.8) is 0 Å². The van der Waals surface area contributed by atoms with Crippen LogP contribution in [0, 0.1) is 5.92 Å². The first kappa shape index (κ1) is 12.8. The second kappa shape index (κ2) is 4.24. The molecule has 0 saturated carbocycles. The quantitative estimate of drug-likeness (QED) is 0.650. The number of carbonyl (C=O) groups is 1. The Morgan fingerprint density at radius 1 is 1.29 bits per heavy atom. The molecule has 0 aromatic carbocycles. The zero-order valence-electron chi connectivity index (χ0n) is 11.5. The van der Waals surface area contributed by atoms with Crippen LogP contribution in [-0.2, 0) is 9.53 Å². The van der Waals surface area contributed by atoms with Crippen molar-refractivity contribution in [3.05, 3.63) is 11.6 Å². The fourth-order valence-corrected chi connectivity index (χ4v) is 3.16. The molecule has 1 fully saturated rings. The van der Waals surface area contributed by atoms with Gasteiger partial charge in [-0.3, -0.25) is 4.79 Å². The summed E-state index contributed by atoms with van der Waals surface area (Å²) in [5.74, 6) is 0.816. The van der Waals surface area contributed by atoms with Crippen molar-refractivity contribution in [2.24, 2.45) is 5.92 Å². The molecule has 2 nitrogen and oxygen atoms in total. The third-order valence-corrected chi connectivity index (χ3v) is 4.51. The van der Waals surface area contributed by atoms with E-state index in [1.807, 2.05) is 13.8 Å². The van der Waals surface area contributed by atoms with Crippen molar-refractivity contribution in [2.75, 3.05) is 0 Å². The van der Waals surface area contributed by atoms with Gasteiger partial charge in [-0.2, -0.15) is 0 Å². The summed E-state index contributed by atoms with van der Waals surface area (Å²) in [6.45, 7) is 8.22. The number of allylic oxidation sites excluding steroid dienone is 2. The minimum absolute atomic E-state index is 0.116. The Bertz CT molecular complexity index is 354. The molecule has 0 bridgehead atoms. The highest BCUT2D eigenvalue weighted by atomic mass is 16.5. The number of hydrogen-bond acceptors (Lipinski definition) is 2. The van der Waals surface area contributed by atoms with Gasteiger partial charge in [0.05, 0.1) is 5.60 Å². The van der Waals surface area contributed by atoms with Gasteiger partial charge in [-0.05, 0) is 59.3 Å². The molecule has 2 rings (SSSR count). The largest absolute Gasteiger partial charge is 0.361 e. The molecule has 1 saturated heterocycles. The number of Topliss-reactive ketones (excluding diaryl/α,β-unsaturated/α-hetero) is 1. The van der Waals surface area contributed by atoms with E-state index in [1.165, 1.54) is 18.4 Å². The van der Waals surface area contributed by atoms with Crippen molar-refractivity contribution >= 4 is 5.78 Å². The maximum absolute atomic E-state index is 11.8. The maximum atomic E-state index is 11.8. The van der Waals surface area contributed by atoms with Crippen molar-refractivity contribution in [1.29, 1.82) is 0 Å². The Morgan fingerprint density at radius 2 is 2.00 bits per heavy atom. The summed E-state index contributed by atoms with van der Waals surface area (Å²) in [7, 11) is 0. The molecule has 0 spiro atoms. The Balaban J connectivity index is 2.12. The third-order valence-electron chi connectivity index (χ3n) is 4.51. The van der Waals surface area contributed by atoms with Gasteiger partial charge in [-0.25, -0.2) is 0 Å². The Hall–Kier alpha value is -0.630. The van der Waals surface area contributed by atoms with E-state index in [0.717, 1.165) is 12.8 Å². The van der Waals surface area contributed by atoms with Crippen molar-refractivity contribution in [2.45, 2.75) is 71.0 Å². The van der Waals surface area contributed by atoms with Crippen LogP contribution in [-0.4, -0.2) is 17.0 Å². The van der Waals surface area contributed by atoms with Gasteiger partial charge >= 0.3 is 0 Å². The average Bonchev–Trinajstić information content (AvgIpc) is 2.24. The zero-order valence-corrected chi connectivity index (χ0v) is 11.5. The second-order valence-corrected chi connectivity index (χ2v) is 6.37. The van der Waals surface area contributed by atoms with Gasteiger partial charge in [0.1, 0.15) is 5.60 Å². The first-order chi connectivity index (χ1) is 7.83. The van der Waals surface area contributed by atoms with E-state index in [4.69, 9.17) is 4.74 Å². The first-order valence-electron chi connectivity index (χ1n) is 6.73. The fourth-order valence-electron chi connectivity index (χ4n) is 3.16. The molecule has 0 N–H and O–H groups in total. The Morgan fingerprint density at radius 3 is 2.53 bits per heavy atom. The molecule has 0 unspecified atom stereocenters. The summed E-state index contributed by atoms with van der Waals surface area (Å²) in [4.78, 5) is 11.8. The minimum atomic E-state index is -0.594. The van der Waals surface area contributed by atoms with Crippen LogP contribution >= 0.6 is 0 Å². The van der Waals surface area contributed by atoms with Gasteiger partial charge in [-0.15, -0.1) is 0 Å². The van der Waals surface area contributed by atoms with Crippen LogP contribution in [0.2, 0.25) is 0 Å². The van der Waals surface area contributed by atoms with Crippen LogP contribution in [0.5, 0.6) is 0 Å². The molecule has 96 valence electrons. The number of hydrogen-bond donors (Lipinski definition) is 0. The lowest BCUT2D eigenvalue weighted by atomic mass is 9.73. The van der Waals surface area contributed by atoms with Crippen molar-refractivity contribution < 1.29 is 9.53 Å². The predicted octanol–water partition coefficient (Wildman–Crippen LogP) is 3.65. The van der Waals surface area contributed by atoms with Crippen LogP contribution < -0.4 is 0 Å². The SMILES string of the molecule is CC1=CC[C@@H]([C@]2(C)CCC(=O)C(C)(C)O2)CC1. The van der Waals surface area contributed by atoms with Gasteiger partial charge in [0.2, 0.25) is 0 Å². The lowest BCUT2D eigenvalue weighted by Gasteiger charge is -2.47. The van der Waals surface area contributed by atoms with E-state index in [-0.39, 0.29) is 11.4 Å². The standard InChI is InChI=1S/C15H24O2/c1-11-5-7-12(8-6-11)15(4)10-9-13(16)14(2,3)17-15/h5,12H,6-10H2,1-4H3/t12-,15+/m1/s1. The Labute approximate surface area is 104 Å². The summed E-state index contributed by atoms with van der Waals surface area (Å²) in [6, 6.07) is 0. The highest BCUT2D eigenvalue weighted by Gasteiger charge is 2.46. The summed E-state index contributed by atoms with van der Waals surface area (Å²) < 4.78 is 6.17. The maximum Gasteiger partial charge on any atom is 0.164 e. The molecule has 1 aliphatic heterocycles. The topological polar surface area (TPSA) is 26.3 Å². The lowest BCUT2D eigenvalue weighted by Crippen LogP contribution is -2.53. The number of rotatable bonds is 1. The van der Waals surface area contributed by atoms with Crippen molar-refractivity contribution in [1.82, 2.24) is 0 Å². The van der Waals surface area contributed by atoms with Crippen LogP contribution in [0.1, 0.15) is 59.8 Å². The van der Waals surface area contributed by atoms with E-state index in [9.17, 15) is 4.79 Å². The summed E-state index contributed by atoms with van der Waals surface area (Å²) >= 11 is 0. The fraction of sp³-hybridized carbons (Fsp3) is 0.800. The highest BCUT2D eigenvalue weighted by Crippen LogP contribution is 2.43. The van der Waals surface area contributed by atoms with E-state index in [2.05, 4.69) is 19.9 Å². The Kier molecular flexibility index (Phi) is 3.19. The minimum Gasteiger partial charge on any atom is -0.361 e. The van der Waals surface area contributed by atoms with Gasteiger partial charge in [0.25, 0.3) is 0 Å². The van der Waals surface area contributed by atoms with Gasteiger partial charge in [0.15, 0.2) is 5.78 Å². The smallest absolute Gasteiger partial charge is 0.164 e. The molecule has 2 aliphatic rings. The van der Waals surface area contributed by atoms with E-state index in [1.54, 1.807) is 0 Å². The number of carbonyl (C=O) groups excluding carboxylic acids is 1. The number of ether oxygens (including phenoxy) is 1. The molecular weight excluding hydrogens is 212 g/mol. The van der Waals surface area contributed by atoms with E-state index < -0.39 is 5.60 Å². The number of ketones is 1. The molecule has 2 heteroatoms. The molecule has 0 aromatic rings. The monoisotopic (exact) mass is 236 g/mol. The van der Waals surface area contributed by atoms with Gasteiger partial charge < -0.3 is 4.74 Å². The molecule has 0 radical (unpaired) electrons. The average molecular weight is 236 g/mol. The summed E-state index contributed by atoms with van der Waals surface area (Å²) in [5.41, 5.74) is 0.786. The van der Waals surface area contributed by atoms with Crippen LogP contribution in [0.4, 0.5) is 0 Å². The van der Waals surface area contributed by atoms with E-state index >= 15 is 0 Å². The molecular formula is C15H24O2. The van der Waals surface area contributed by atoms with Crippen molar-refractivity contribution in [3.8, 4) is 0 Å². The van der Waals surface area contributed by atoms with Gasteiger partial charge in [0, 0.05) is 6.42 Å². The summed E-state index contributed by atoms with van der Waals surface area (Å²) in [6.07, 6.45) is 7.37. The third kappa shape index (κ3) is 2.47. The van der Waals surface area contributed by atoms with E-state index in [0.29, 0.717) is 12.3 Å². The second-order valence-electron chi connectivity index (χ2n) is 6.37. The molecule has 0 amide bonds. The summed E-state index contributed by atoms with van der Waals surface area (Å²) in [5, 5.41) is 0. The molecule has 17 heavy (non-hydrogen) atoms. The van der Waals surface area contributed by atoms with Crippen LogP contribution in [0.3, 0.4) is 0 Å². The van der Waals surface area contributed by atoms with Crippen LogP contribution in [0.15, 0.2) is 11.6 Å². The molecule has 2 atom stereocenters. The normalized spacial score (nSPS) is 37.8. The first-order valence-corrected chi connectivity index (χ1v) is 6.73. The molecule has 1 aliphatic carbocycles. The molecule has 0 aromatic heterocycles. The van der Waals surface area contributed by atoms with Gasteiger partial charge in [-0.1, -0.05) is 11.6 Å². The lowest BCUT2D eigenvalue weighted by molar-refractivity contribution is -0.194. The van der Waals surface area contributed by atoms with Crippen LogP contribution in [0.25, 0.3) is 0 Å². The predicted molar refractivity (Wildman–Crippen MR) is 68.9 cm³/mol. The highest BCUT2D eigenvalue weighted by molar-refractivity contribution is 5.87. The molecule has 1 heterocycles. The zero-order chi connectivity index (χ0) is 12.7.